The fraction of sp³-hybridized carbons (Fsp3) is 0.286. The van der Waals surface area contributed by atoms with Crippen LogP contribution in [0.4, 0.5) is 0 Å². The van der Waals surface area contributed by atoms with Crippen molar-refractivity contribution in [3.8, 4) is 0 Å². The lowest BCUT2D eigenvalue weighted by molar-refractivity contribution is 0.0662. The molecule has 0 saturated carbocycles. The van der Waals surface area contributed by atoms with Crippen molar-refractivity contribution in [1.82, 2.24) is 0 Å². The van der Waals surface area contributed by atoms with Crippen molar-refractivity contribution in [1.29, 1.82) is 0 Å². The summed E-state index contributed by atoms with van der Waals surface area (Å²) in [5.41, 5.74) is 0.699. The molecule has 4 nitrogen and oxygen atoms in total. The molecule has 0 unspecified atom stereocenters. The van der Waals surface area contributed by atoms with E-state index in [2.05, 4.69) is 4.42 Å². The average molecular weight is 156 g/mol. The first-order valence-electron chi connectivity index (χ1n) is 3.15. The van der Waals surface area contributed by atoms with Crippen LogP contribution in [0.5, 0.6) is 0 Å². The molecule has 2 N–H and O–H groups in total. The lowest BCUT2D eigenvalue weighted by atomic mass is 10.2. The number of carboxylic acid groups (broad SMARTS) is 1. The molecule has 1 heterocycles. The highest BCUT2D eigenvalue weighted by Crippen LogP contribution is 2.07. The van der Waals surface area contributed by atoms with Crippen LogP contribution in [0.1, 0.15) is 16.1 Å². The Morgan fingerprint density at radius 1 is 1.64 bits per heavy atom. The summed E-state index contributed by atoms with van der Waals surface area (Å²) in [5, 5.41) is 16.9. The van der Waals surface area contributed by atoms with E-state index in [1.165, 1.54) is 12.3 Å². The molecule has 0 saturated heterocycles. The summed E-state index contributed by atoms with van der Waals surface area (Å²) in [6.45, 7) is -0.00140. The number of aromatic carboxylic acids is 1. The molecule has 1 aromatic rings. The molecule has 0 aliphatic carbocycles. The van der Waals surface area contributed by atoms with Gasteiger partial charge in [-0.3, -0.25) is 0 Å². The van der Waals surface area contributed by atoms with Gasteiger partial charge in [0.15, 0.2) is 0 Å². The zero-order valence-corrected chi connectivity index (χ0v) is 5.78. The van der Waals surface area contributed by atoms with Gasteiger partial charge < -0.3 is 14.6 Å². The van der Waals surface area contributed by atoms with Crippen LogP contribution in [-0.2, 0) is 6.42 Å². The average Bonchev–Trinajstić information content (AvgIpc) is 2.37. The minimum absolute atomic E-state index is 0.00140. The van der Waals surface area contributed by atoms with Crippen LogP contribution in [-0.4, -0.2) is 22.8 Å². The van der Waals surface area contributed by atoms with Gasteiger partial charge in [0.2, 0.25) is 5.76 Å². The third-order valence-corrected chi connectivity index (χ3v) is 1.27. The molecule has 0 aliphatic heterocycles. The molecule has 60 valence electrons. The number of aliphatic hydroxyl groups is 1. The lowest BCUT2D eigenvalue weighted by Crippen LogP contribution is -1.92. The van der Waals surface area contributed by atoms with E-state index in [1.54, 1.807) is 0 Å². The largest absolute Gasteiger partial charge is 0.475 e. The van der Waals surface area contributed by atoms with Crippen molar-refractivity contribution in [3.05, 3.63) is 23.7 Å². The third kappa shape index (κ3) is 1.81. The van der Waals surface area contributed by atoms with Gasteiger partial charge in [0.05, 0.1) is 6.26 Å². The van der Waals surface area contributed by atoms with Crippen LogP contribution < -0.4 is 0 Å². The summed E-state index contributed by atoms with van der Waals surface area (Å²) >= 11 is 0. The minimum atomic E-state index is -1.09. The van der Waals surface area contributed by atoms with E-state index < -0.39 is 5.97 Å². The Kier molecular flexibility index (Phi) is 2.28. The second-order valence-corrected chi connectivity index (χ2v) is 2.10. The topological polar surface area (TPSA) is 70.7 Å². The fourth-order valence-corrected chi connectivity index (χ4v) is 0.748. The van der Waals surface area contributed by atoms with E-state index in [4.69, 9.17) is 10.2 Å². The zero-order valence-electron chi connectivity index (χ0n) is 5.78. The van der Waals surface area contributed by atoms with Crippen molar-refractivity contribution in [2.24, 2.45) is 0 Å². The Morgan fingerprint density at radius 2 is 2.36 bits per heavy atom. The number of carboxylic acids is 1. The number of furan rings is 1. The number of aliphatic hydroxyl groups excluding tert-OH is 1. The van der Waals surface area contributed by atoms with E-state index in [-0.39, 0.29) is 12.4 Å². The smallest absolute Gasteiger partial charge is 0.371 e. The van der Waals surface area contributed by atoms with E-state index >= 15 is 0 Å². The van der Waals surface area contributed by atoms with E-state index in [0.717, 1.165) is 0 Å². The first-order chi connectivity index (χ1) is 5.24. The molecule has 1 rings (SSSR count). The molecule has 0 radical (unpaired) electrons. The van der Waals surface area contributed by atoms with Crippen molar-refractivity contribution in [2.75, 3.05) is 6.61 Å². The summed E-state index contributed by atoms with van der Waals surface area (Å²) in [4.78, 5) is 10.3. The van der Waals surface area contributed by atoms with Gasteiger partial charge in [0.1, 0.15) is 0 Å². The Bertz CT molecular complexity index is 251. The zero-order chi connectivity index (χ0) is 8.27. The van der Waals surface area contributed by atoms with Gasteiger partial charge in [-0.15, -0.1) is 0 Å². The van der Waals surface area contributed by atoms with Crippen LogP contribution in [0, 0.1) is 0 Å². The lowest BCUT2D eigenvalue weighted by Gasteiger charge is -1.85. The molecule has 0 spiro atoms. The van der Waals surface area contributed by atoms with Crippen LogP contribution >= 0.6 is 0 Å². The maximum atomic E-state index is 10.3. The van der Waals surface area contributed by atoms with E-state index in [9.17, 15) is 4.79 Å². The molecule has 0 amide bonds. The fourth-order valence-electron chi connectivity index (χ4n) is 0.748. The maximum absolute atomic E-state index is 10.3. The number of hydrogen-bond acceptors (Lipinski definition) is 3. The molecule has 0 aromatic carbocycles. The highest BCUT2D eigenvalue weighted by Gasteiger charge is 2.07. The van der Waals surface area contributed by atoms with E-state index in [1.807, 2.05) is 0 Å². The monoisotopic (exact) mass is 156 g/mol. The summed E-state index contributed by atoms with van der Waals surface area (Å²) < 4.78 is 4.67. The Labute approximate surface area is 63.1 Å². The summed E-state index contributed by atoms with van der Waals surface area (Å²) in [6, 6.07) is 1.40. The highest BCUT2D eigenvalue weighted by atomic mass is 16.4. The summed E-state index contributed by atoms with van der Waals surface area (Å²) in [7, 11) is 0. The first kappa shape index (κ1) is 7.81. The first-order valence-corrected chi connectivity index (χ1v) is 3.15. The quantitative estimate of drug-likeness (QED) is 0.669. The molecule has 0 bridgehead atoms. The van der Waals surface area contributed by atoms with Gasteiger partial charge in [0.25, 0.3) is 0 Å². The van der Waals surface area contributed by atoms with Crippen LogP contribution in [0.15, 0.2) is 16.7 Å². The number of hydrogen-bond donors (Lipinski definition) is 2. The van der Waals surface area contributed by atoms with Gasteiger partial charge in [-0.2, -0.15) is 0 Å². The standard InChI is InChI=1S/C7H8O4/c8-2-1-5-3-6(7(9)10)11-4-5/h3-4,8H,1-2H2,(H,9,10). The predicted molar refractivity (Wildman–Crippen MR) is 36.5 cm³/mol. The van der Waals surface area contributed by atoms with Crippen molar-refractivity contribution >= 4 is 5.97 Å². The molecule has 11 heavy (non-hydrogen) atoms. The van der Waals surface area contributed by atoms with Crippen LogP contribution in [0.3, 0.4) is 0 Å². The normalized spacial score (nSPS) is 9.91. The Hall–Kier alpha value is -1.29. The molecule has 1 aromatic heterocycles. The van der Waals surface area contributed by atoms with Gasteiger partial charge in [-0.05, 0) is 18.1 Å². The molecule has 4 heteroatoms. The minimum Gasteiger partial charge on any atom is -0.475 e. The van der Waals surface area contributed by atoms with E-state index in [0.29, 0.717) is 12.0 Å². The van der Waals surface area contributed by atoms with Gasteiger partial charge in [0, 0.05) is 6.61 Å². The predicted octanol–water partition coefficient (Wildman–Crippen LogP) is 0.513. The Morgan fingerprint density at radius 3 is 2.82 bits per heavy atom. The number of carbonyl (C=O) groups is 1. The summed E-state index contributed by atoms with van der Waals surface area (Å²) in [6.07, 6.45) is 1.76. The van der Waals surface area contributed by atoms with Crippen molar-refractivity contribution < 1.29 is 19.4 Å². The maximum Gasteiger partial charge on any atom is 0.371 e. The SMILES string of the molecule is O=C(O)c1cc(CCO)co1. The molecular formula is C7H8O4. The molecule has 0 fully saturated rings. The number of rotatable bonds is 3. The molecule has 0 atom stereocenters. The van der Waals surface area contributed by atoms with Gasteiger partial charge >= 0.3 is 5.97 Å². The summed E-state index contributed by atoms with van der Waals surface area (Å²) in [5.74, 6) is -1.18. The van der Waals surface area contributed by atoms with Crippen molar-refractivity contribution in [2.45, 2.75) is 6.42 Å². The van der Waals surface area contributed by atoms with Crippen LogP contribution in [0.25, 0.3) is 0 Å². The second kappa shape index (κ2) is 3.21. The highest BCUT2D eigenvalue weighted by molar-refractivity contribution is 5.84. The van der Waals surface area contributed by atoms with Crippen molar-refractivity contribution in [3.63, 3.8) is 0 Å². The Balaban J connectivity index is 2.73. The molecular weight excluding hydrogens is 148 g/mol. The third-order valence-electron chi connectivity index (χ3n) is 1.27. The van der Waals surface area contributed by atoms with Crippen LogP contribution in [0.2, 0.25) is 0 Å². The van der Waals surface area contributed by atoms with Gasteiger partial charge in [-0.1, -0.05) is 0 Å². The second-order valence-electron chi connectivity index (χ2n) is 2.10. The van der Waals surface area contributed by atoms with Gasteiger partial charge in [-0.25, -0.2) is 4.79 Å². The molecule has 0 aliphatic rings.